The van der Waals surface area contributed by atoms with Crippen LogP contribution in [0, 0.1) is 17.8 Å². The van der Waals surface area contributed by atoms with Crippen molar-refractivity contribution in [3.63, 3.8) is 0 Å². The van der Waals surface area contributed by atoms with E-state index in [-0.39, 0.29) is 0 Å². The quantitative estimate of drug-likeness (QED) is 0.824. The highest BCUT2D eigenvalue weighted by Crippen LogP contribution is 2.30. The Morgan fingerprint density at radius 1 is 1.18 bits per heavy atom. The second kappa shape index (κ2) is 5.24. The molecule has 0 aromatic rings. The highest BCUT2D eigenvalue weighted by atomic mass is 32.2. The number of hydrogen-bond donors (Lipinski definition) is 1. The van der Waals surface area contributed by atoms with E-state index in [0.29, 0.717) is 23.5 Å². The second-order valence-electron chi connectivity index (χ2n) is 5.82. The van der Waals surface area contributed by atoms with Crippen LogP contribution >= 0.6 is 0 Å². The van der Waals surface area contributed by atoms with Gasteiger partial charge in [-0.25, -0.2) is 12.7 Å². The molecular formula is C12H24N2O2S. The summed E-state index contributed by atoms with van der Waals surface area (Å²) in [6.45, 7) is 4.26. The van der Waals surface area contributed by atoms with Gasteiger partial charge in [-0.15, -0.1) is 0 Å². The Morgan fingerprint density at radius 2 is 1.76 bits per heavy atom. The molecular weight excluding hydrogens is 236 g/mol. The molecule has 2 fully saturated rings. The monoisotopic (exact) mass is 260 g/mol. The minimum absolute atomic E-state index is 0.292. The molecule has 0 bridgehead atoms. The fourth-order valence-corrected chi connectivity index (χ4v) is 5.06. The smallest absolute Gasteiger partial charge is 0.214 e. The maximum absolute atomic E-state index is 11.9. The van der Waals surface area contributed by atoms with E-state index in [4.69, 9.17) is 5.73 Å². The van der Waals surface area contributed by atoms with Gasteiger partial charge in [-0.3, -0.25) is 0 Å². The first kappa shape index (κ1) is 13.3. The van der Waals surface area contributed by atoms with Crippen LogP contribution in [0.4, 0.5) is 0 Å². The van der Waals surface area contributed by atoms with Gasteiger partial charge in [-0.05, 0) is 50.0 Å². The van der Waals surface area contributed by atoms with Crippen molar-refractivity contribution in [2.75, 3.05) is 25.4 Å². The second-order valence-corrected chi connectivity index (χ2v) is 7.84. The van der Waals surface area contributed by atoms with E-state index in [1.807, 2.05) is 6.92 Å². The molecule has 1 atom stereocenters. The number of rotatable bonds is 3. The molecule has 0 aromatic heterocycles. The van der Waals surface area contributed by atoms with Crippen molar-refractivity contribution in [3.8, 4) is 0 Å². The van der Waals surface area contributed by atoms with Gasteiger partial charge in [0.25, 0.3) is 0 Å². The summed E-state index contributed by atoms with van der Waals surface area (Å²) in [5, 5.41) is 0. The normalized spacial score (nSPS) is 38.4. The van der Waals surface area contributed by atoms with Crippen LogP contribution in [0.3, 0.4) is 0 Å². The van der Waals surface area contributed by atoms with Crippen molar-refractivity contribution in [2.45, 2.75) is 32.6 Å². The summed E-state index contributed by atoms with van der Waals surface area (Å²) in [5.74, 6) is 1.85. The topological polar surface area (TPSA) is 63.4 Å². The van der Waals surface area contributed by atoms with Crippen LogP contribution in [0.2, 0.25) is 0 Å². The third-order valence-corrected chi connectivity index (χ3v) is 6.24. The Hall–Kier alpha value is -0.130. The van der Waals surface area contributed by atoms with Crippen molar-refractivity contribution in [2.24, 2.45) is 23.5 Å². The summed E-state index contributed by atoms with van der Waals surface area (Å²) in [4.78, 5) is 0. The maximum Gasteiger partial charge on any atom is 0.214 e. The first-order valence-corrected chi connectivity index (χ1v) is 8.30. The van der Waals surface area contributed by atoms with Gasteiger partial charge in [0.2, 0.25) is 10.0 Å². The zero-order valence-electron chi connectivity index (χ0n) is 10.6. The molecule has 4 nitrogen and oxygen atoms in total. The van der Waals surface area contributed by atoms with E-state index in [0.717, 1.165) is 32.5 Å². The molecule has 1 aliphatic heterocycles. The van der Waals surface area contributed by atoms with Gasteiger partial charge in [-0.1, -0.05) is 6.92 Å². The van der Waals surface area contributed by atoms with E-state index < -0.39 is 10.0 Å². The SMILES string of the molecule is CC1CN(CC2CCC(CN)CC2)S(=O)(=O)C1. The van der Waals surface area contributed by atoms with Crippen molar-refractivity contribution in [1.29, 1.82) is 0 Å². The van der Waals surface area contributed by atoms with Gasteiger partial charge in [0.05, 0.1) is 5.75 Å². The average molecular weight is 260 g/mol. The van der Waals surface area contributed by atoms with Crippen molar-refractivity contribution in [1.82, 2.24) is 4.31 Å². The molecule has 0 radical (unpaired) electrons. The van der Waals surface area contributed by atoms with Gasteiger partial charge in [0.15, 0.2) is 0 Å². The Bertz CT molecular complexity index is 348. The van der Waals surface area contributed by atoms with Crippen molar-refractivity contribution < 1.29 is 8.42 Å². The van der Waals surface area contributed by atoms with Crippen LogP contribution in [-0.4, -0.2) is 38.1 Å². The standard InChI is InChI=1S/C12H24N2O2S/c1-10-7-14(17(15,16)9-10)8-12-4-2-11(6-13)3-5-12/h10-12H,2-9,13H2,1H3. The van der Waals surface area contributed by atoms with E-state index in [9.17, 15) is 8.42 Å². The minimum atomic E-state index is -2.95. The zero-order valence-corrected chi connectivity index (χ0v) is 11.5. The first-order chi connectivity index (χ1) is 8.01. The molecule has 17 heavy (non-hydrogen) atoms. The minimum Gasteiger partial charge on any atom is -0.330 e. The number of sulfonamides is 1. The molecule has 1 saturated heterocycles. The lowest BCUT2D eigenvalue weighted by Gasteiger charge is -2.30. The Balaban J connectivity index is 1.86. The lowest BCUT2D eigenvalue weighted by molar-refractivity contribution is 0.238. The molecule has 0 amide bonds. The Morgan fingerprint density at radius 3 is 2.24 bits per heavy atom. The van der Waals surface area contributed by atoms with Crippen molar-refractivity contribution in [3.05, 3.63) is 0 Å². The van der Waals surface area contributed by atoms with Crippen LogP contribution in [0.25, 0.3) is 0 Å². The lowest BCUT2D eigenvalue weighted by atomic mass is 9.82. The van der Waals surface area contributed by atoms with Gasteiger partial charge in [0.1, 0.15) is 0 Å². The summed E-state index contributed by atoms with van der Waals surface area (Å²) >= 11 is 0. The van der Waals surface area contributed by atoms with Gasteiger partial charge < -0.3 is 5.73 Å². The number of nitrogens with two attached hydrogens (primary N) is 1. The molecule has 100 valence electrons. The molecule has 1 heterocycles. The molecule has 0 spiro atoms. The van der Waals surface area contributed by atoms with E-state index in [2.05, 4.69) is 0 Å². The van der Waals surface area contributed by atoms with Gasteiger partial charge in [-0.2, -0.15) is 0 Å². The molecule has 1 aliphatic carbocycles. The summed E-state index contributed by atoms with van der Waals surface area (Å²) in [6, 6.07) is 0. The fraction of sp³-hybridized carbons (Fsp3) is 1.00. The molecule has 1 saturated carbocycles. The summed E-state index contributed by atoms with van der Waals surface area (Å²) in [7, 11) is -2.95. The third-order valence-electron chi connectivity index (χ3n) is 4.17. The summed E-state index contributed by atoms with van der Waals surface area (Å²) < 4.78 is 25.5. The lowest BCUT2D eigenvalue weighted by Crippen LogP contribution is -2.33. The Labute approximate surface area is 105 Å². The van der Waals surface area contributed by atoms with Gasteiger partial charge in [0, 0.05) is 13.1 Å². The predicted octanol–water partition coefficient (Wildman–Crippen LogP) is 1.03. The van der Waals surface area contributed by atoms with Crippen LogP contribution in [0.1, 0.15) is 32.6 Å². The first-order valence-electron chi connectivity index (χ1n) is 6.69. The molecule has 2 rings (SSSR count). The zero-order chi connectivity index (χ0) is 12.5. The molecule has 0 aromatic carbocycles. The fourth-order valence-electron chi connectivity index (χ4n) is 3.10. The highest BCUT2D eigenvalue weighted by Gasteiger charge is 2.35. The maximum atomic E-state index is 11.9. The summed E-state index contributed by atoms with van der Waals surface area (Å²) in [6.07, 6.45) is 4.62. The van der Waals surface area contributed by atoms with E-state index in [1.165, 1.54) is 12.8 Å². The molecule has 5 heteroatoms. The number of nitrogens with zero attached hydrogens (tertiary/aromatic N) is 1. The van der Waals surface area contributed by atoms with E-state index >= 15 is 0 Å². The van der Waals surface area contributed by atoms with E-state index in [1.54, 1.807) is 4.31 Å². The highest BCUT2D eigenvalue weighted by molar-refractivity contribution is 7.89. The third kappa shape index (κ3) is 3.20. The van der Waals surface area contributed by atoms with Crippen LogP contribution < -0.4 is 5.73 Å². The average Bonchev–Trinajstić information content (AvgIpc) is 2.53. The molecule has 2 aliphatic rings. The van der Waals surface area contributed by atoms with Crippen molar-refractivity contribution >= 4 is 10.0 Å². The number of hydrogen-bond acceptors (Lipinski definition) is 3. The van der Waals surface area contributed by atoms with Crippen LogP contribution in [0.5, 0.6) is 0 Å². The largest absolute Gasteiger partial charge is 0.330 e. The summed E-state index contributed by atoms with van der Waals surface area (Å²) in [5.41, 5.74) is 5.67. The van der Waals surface area contributed by atoms with Crippen LogP contribution in [0.15, 0.2) is 0 Å². The Kier molecular flexibility index (Phi) is 4.10. The molecule has 2 N–H and O–H groups in total. The van der Waals surface area contributed by atoms with Gasteiger partial charge >= 0.3 is 0 Å². The predicted molar refractivity (Wildman–Crippen MR) is 69.0 cm³/mol. The van der Waals surface area contributed by atoms with Crippen LogP contribution in [-0.2, 0) is 10.0 Å². The molecule has 1 unspecified atom stereocenters.